The Hall–Kier alpha value is -2.63. The van der Waals surface area contributed by atoms with E-state index in [-0.39, 0.29) is 11.4 Å². The number of carbonyl (C=O) groups is 2. The van der Waals surface area contributed by atoms with Gasteiger partial charge in [0.05, 0.1) is 29.3 Å². The molecule has 6 heteroatoms. The van der Waals surface area contributed by atoms with Crippen molar-refractivity contribution < 1.29 is 14.7 Å². The zero-order chi connectivity index (χ0) is 17.9. The molecule has 128 valence electrons. The maximum atomic E-state index is 12.5. The van der Waals surface area contributed by atoms with Crippen LogP contribution in [0.5, 0.6) is 0 Å². The van der Waals surface area contributed by atoms with Crippen molar-refractivity contribution >= 4 is 11.9 Å². The van der Waals surface area contributed by atoms with Crippen molar-refractivity contribution in [2.24, 2.45) is 5.92 Å². The molecule has 2 N–H and O–H groups in total. The van der Waals surface area contributed by atoms with Crippen LogP contribution in [0.1, 0.15) is 49.7 Å². The van der Waals surface area contributed by atoms with Gasteiger partial charge in [-0.25, -0.2) is 0 Å². The minimum absolute atomic E-state index is 0.230. The predicted molar refractivity (Wildman–Crippen MR) is 90.7 cm³/mol. The lowest BCUT2D eigenvalue weighted by atomic mass is 9.94. The molecule has 0 aliphatic carbocycles. The van der Waals surface area contributed by atoms with Gasteiger partial charge in [0.2, 0.25) is 0 Å². The van der Waals surface area contributed by atoms with Gasteiger partial charge in [0.1, 0.15) is 0 Å². The second kappa shape index (κ2) is 6.86. The standard InChI is InChI=1S/C18H23N3O3/c1-12(17(23)24)15(13-8-6-5-7-9-13)20-16(22)14-10-19-21(11-14)18(2,3)4/h5-12,15H,1-4H3,(H,20,22)(H,23,24). The van der Waals surface area contributed by atoms with Gasteiger partial charge < -0.3 is 10.4 Å². The lowest BCUT2D eigenvalue weighted by molar-refractivity contribution is -0.142. The van der Waals surface area contributed by atoms with Crippen LogP contribution in [0.3, 0.4) is 0 Å². The van der Waals surface area contributed by atoms with Crippen molar-refractivity contribution in [3.05, 3.63) is 53.9 Å². The van der Waals surface area contributed by atoms with Gasteiger partial charge in [-0.15, -0.1) is 0 Å². The van der Waals surface area contributed by atoms with Crippen molar-refractivity contribution in [3.63, 3.8) is 0 Å². The molecule has 0 aliphatic heterocycles. The number of nitrogens with one attached hydrogen (secondary N) is 1. The topological polar surface area (TPSA) is 84.2 Å². The number of aromatic nitrogens is 2. The van der Waals surface area contributed by atoms with Crippen molar-refractivity contribution in [2.75, 3.05) is 0 Å². The van der Waals surface area contributed by atoms with Crippen LogP contribution in [-0.2, 0) is 10.3 Å². The van der Waals surface area contributed by atoms with Gasteiger partial charge >= 0.3 is 5.97 Å². The van der Waals surface area contributed by atoms with Crippen LogP contribution >= 0.6 is 0 Å². The minimum Gasteiger partial charge on any atom is -0.481 e. The van der Waals surface area contributed by atoms with Crippen LogP contribution < -0.4 is 5.32 Å². The summed E-state index contributed by atoms with van der Waals surface area (Å²) in [6, 6.07) is 8.49. The molecule has 1 aromatic heterocycles. The maximum Gasteiger partial charge on any atom is 0.308 e. The Bertz CT molecular complexity index is 717. The highest BCUT2D eigenvalue weighted by atomic mass is 16.4. The van der Waals surface area contributed by atoms with Crippen LogP contribution in [0.25, 0.3) is 0 Å². The molecule has 0 saturated heterocycles. The molecule has 2 rings (SSSR count). The molecule has 2 aromatic rings. The Morgan fingerprint density at radius 3 is 2.33 bits per heavy atom. The average Bonchev–Trinajstić information content (AvgIpc) is 3.02. The molecule has 0 bridgehead atoms. The van der Waals surface area contributed by atoms with Crippen LogP contribution in [0, 0.1) is 5.92 Å². The number of rotatable bonds is 5. The number of hydrogen-bond acceptors (Lipinski definition) is 3. The summed E-state index contributed by atoms with van der Waals surface area (Å²) in [5, 5.41) is 16.4. The molecule has 1 heterocycles. The first-order valence-corrected chi connectivity index (χ1v) is 7.84. The van der Waals surface area contributed by atoms with E-state index in [1.165, 1.54) is 6.20 Å². The van der Waals surface area contributed by atoms with E-state index in [1.54, 1.807) is 17.8 Å². The number of benzene rings is 1. The largest absolute Gasteiger partial charge is 0.481 e. The third kappa shape index (κ3) is 4.01. The molecule has 0 saturated carbocycles. The summed E-state index contributed by atoms with van der Waals surface area (Å²) in [4.78, 5) is 23.9. The molecule has 24 heavy (non-hydrogen) atoms. The smallest absolute Gasteiger partial charge is 0.308 e. The molecule has 0 fully saturated rings. The molecule has 0 aliphatic rings. The van der Waals surface area contributed by atoms with Gasteiger partial charge in [0, 0.05) is 6.20 Å². The molecule has 0 spiro atoms. The summed E-state index contributed by atoms with van der Waals surface area (Å²) in [6.07, 6.45) is 3.16. The van der Waals surface area contributed by atoms with Crippen LogP contribution in [0.4, 0.5) is 0 Å². The van der Waals surface area contributed by atoms with Crippen LogP contribution in [0.15, 0.2) is 42.7 Å². The number of carbonyl (C=O) groups excluding carboxylic acids is 1. The predicted octanol–water partition coefficient (Wildman–Crippen LogP) is 2.83. The van der Waals surface area contributed by atoms with Crippen molar-refractivity contribution in [1.82, 2.24) is 15.1 Å². The summed E-state index contributed by atoms with van der Waals surface area (Å²) >= 11 is 0. The summed E-state index contributed by atoms with van der Waals surface area (Å²) in [7, 11) is 0. The molecular formula is C18H23N3O3. The Morgan fingerprint density at radius 2 is 1.83 bits per heavy atom. The van der Waals surface area contributed by atoms with Gasteiger partial charge in [-0.1, -0.05) is 30.3 Å². The molecule has 1 amide bonds. The van der Waals surface area contributed by atoms with E-state index in [0.29, 0.717) is 5.56 Å². The first-order valence-electron chi connectivity index (χ1n) is 7.84. The fourth-order valence-electron chi connectivity index (χ4n) is 2.33. The molecule has 6 nitrogen and oxygen atoms in total. The van der Waals surface area contributed by atoms with Gasteiger partial charge in [0.25, 0.3) is 5.91 Å². The Kier molecular flexibility index (Phi) is 5.07. The highest BCUT2D eigenvalue weighted by Crippen LogP contribution is 2.23. The lowest BCUT2D eigenvalue weighted by Gasteiger charge is -2.22. The summed E-state index contributed by atoms with van der Waals surface area (Å²) in [5.74, 6) is -2.06. The zero-order valence-electron chi connectivity index (χ0n) is 14.4. The van der Waals surface area contributed by atoms with E-state index >= 15 is 0 Å². The summed E-state index contributed by atoms with van der Waals surface area (Å²) in [5.41, 5.74) is 0.929. The first kappa shape index (κ1) is 17.7. The fraction of sp³-hybridized carbons (Fsp3) is 0.389. The number of hydrogen-bond donors (Lipinski definition) is 2. The minimum atomic E-state index is -0.963. The SMILES string of the molecule is CC(C(=O)O)C(NC(=O)c1cnn(C(C)(C)C)c1)c1ccccc1. The van der Waals surface area contributed by atoms with Gasteiger partial charge in [-0.05, 0) is 33.3 Å². The maximum absolute atomic E-state index is 12.5. The normalized spacial score (nSPS) is 14.0. The van der Waals surface area contributed by atoms with E-state index in [0.717, 1.165) is 5.56 Å². The third-order valence-corrected chi connectivity index (χ3v) is 3.87. The molecular weight excluding hydrogens is 306 g/mol. The quantitative estimate of drug-likeness (QED) is 0.883. The summed E-state index contributed by atoms with van der Waals surface area (Å²) in [6.45, 7) is 7.54. The van der Waals surface area contributed by atoms with E-state index < -0.39 is 17.9 Å². The molecule has 2 atom stereocenters. The zero-order valence-corrected chi connectivity index (χ0v) is 14.4. The Balaban J connectivity index is 2.25. The molecule has 2 unspecified atom stereocenters. The van der Waals surface area contributed by atoms with Gasteiger partial charge in [-0.3, -0.25) is 14.3 Å². The van der Waals surface area contributed by atoms with Crippen molar-refractivity contribution in [1.29, 1.82) is 0 Å². The molecule has 0 radical (unpaired) electrons. The van der Waals surface area contributed by atoms with E-state index in [9.17, 15) is 14.7 Å². The second-order valence-corrected chi connectivity index (χ2v) is 6.83. The highest BCUT2D eigenvalue weighted by molar-refractivity contribution is 5.94. The third-order valence-electron chi connectivity index (χ3n) is 3.87. The van der Waals surface area contributed by atoms with Gasteiger partial charge in [-0.2, -0.15) is 5.10 Å². The molecule has 1 aromatic carbocycles. The second-order valence-electron chi connectivity index (χ2n) is 6.83. The Morgan fingerprint density at radius 1 is 1.21 bits per heavy atom. The van der Waals surface area contributed by atoms with Crippen LogP contribution in [-0.4, -0.2) is 26.8 Å². The number of nitrogens with zero attached hydrogens (tertiary/aromatic N) is 2. The van der Waals surface area contributed by atoms with Crippen LogP contribution in [0.2, 0.25) is 0 Å². The number of carboxylic acids is 1. The number of carboxylic acid groups (broad SMARTS) is 1. The van der Waals surface area contributed by atoms with E-state index in [2.05, 4.69) is 10.4 Å². The average molecular weight is 329 g/mol. The number of amides is 1. The van der Waals surface area contributed by atoms with E-state index in [4.69, 9.17) is 0 Å². The lowest BCUT2D eigenvalue weighted by Crippen LogP contribution is -2.35. The first-order chi connectivity index (χ1) is 11.2. The van der Waals surface area contributed by atoms with Gasteiger partial charge in [0.15, 0.2) is 0 Å². The van der Waals surface area contributed by atoms with Crippen molar-refractivity contribution in [2.45, 2.75) is 39.3 Å². The fourth-order valence-corrected chi connectivity index (χ4v) is 2.33. The summed E-state index contributed by atoms with van der Waals surface area (Å²) < 4.78 is 1.71. The highest BCUT2D eigenvalue weighted by Gasteiger charge is 2.27. The Labute approximate surface area is 141 Å². The number of aliphatic carboxylic acids is 1. The van der Waals surface area contributed by atoms with E-state index in [1.807, 2.05) is 51.1 Å². The van der Waals surface area contributed by atoms with Crippen molar-refractivity contribution in [3.8, 4) is 0 Å². The monoisotopic (exact) mass is 329 g/mol.